The molecule has 0 bridgehead atoms. The first-order valence-electron chi connectivity index (χ1n) is 7.87. The summed E-state index contributed by atoms with van der Waals surface area (Å²) < 4.78 is 10.8. The minimum absolute atomic E-state index is 0.366. The van der Waals surface area contributed by atoms with E-state index in [1.165, 1.54) is 31.5 Å². The molecule has 1 saturated heterocycles. The van der Waals surface area contributed by atoms with Crippen molar-refractivity contribution in [3.8, 4) is 11.5 Å². The van der Waals surface area contributed by atoms with Crippen molar-refractivity contribution in [2.24, 2.45) is 11.7 Å². The Morgan fingerprint density at radius 3 is 2.48 bits per heavy atom. The van der Waals surface area contributed by atoms with Crippen molar-refractivity contribution in [1.82, 2.24) is 4.90 Å². The molecule has 4 heteroatoms. The predicted octanol–water partition coefficient (Wildman–Crippen LogP) is 2.48. The molecule has 1 fully saturated rings. The maximum absolute atomic E-state index is 6.10. The normalized spacial score (nSPS) is 18.5. The largest absolute Gasteiger partial charge is 0.497 e. The molecule has 2 rings (SSSR count). The van der Waals surface area contributed by atoms with Gasteiger partial charge >= 0.3 is 0 Å². The maximum Gasteiger partial charge on any atom is 0.126 e. The molecular weight excluding hydrogens is 264 g/mol. The summed E-state index contributed by atoms with van der Waals surface area (Å²) in [6, 6.07) is 6.07. The molecule has 118 valence electrons. The van der Waals surface area contributed by atoms with Gasteiger partial charge in [-0.2, -0.15) is 0 Å². The molecule has 0 radical (unpaired) electrons. The maximum atomic E-state index is 6.10. The van der Waals surface area contributed by atoms with Gasteiger partial charge in [-0.3, -0.25) is 0 Å². The molecule has 2 N–H and O–H groups in total. The molecule has 4 nitrogen and oxygen atoms in total. The molecule has 0 saturated carbocycles. The second-order valence-corrected chi connectivity index (χ2v) is 5.72. The highest BCUT2D eigenvalue weighted by Crippen LogP contribution is 2.38. The van der Waals surface area contributed by atoms with E-state index in [2.05, 4.69) is 17.9 Å². The van der Waals surface area contributed by atoms with Crippen molar-refractivity contribution in [3.63, 3.8) is 0 Å². The van der Waals surface area contributed by atoms with E-state index >= 15 is 0 Å². The van der Waals surface area contributed by atoms with E-state index in [4.69, 9.17) is 15.2 Å². The molecular formula is C17H28N2O2. The number of nitrogens with zero attached hydrogens (tertiary/aromatic N) is 1. The van der Waals surface area contributed by atoms with Gasteiger partial charge in [0.05, 0.1) is 14.2 Å². The van der Waals surface area contributed by atoms with E-state index in [1.54, 1.807) is 14.2 Å². The highest BCUT2D eigenvalue weighted by atomic mass is 16.5. The van der Waals surface area contributed by atoms with Gasteiger partial charge in [-0.15, -0.1) is 0 Å². The number of ether oxygens (including phenoxy) is 2. The van der Waals surface area contributed by atoms with Crippen LogP contribution in [-0.2, 0) is 0 Å². The third kappa shape index (κ3) is 3.69. The SMILES string of the molecule is CCN1CCC(C(CN)c2ccc(OC)cc2OC)CC1. The number of piperidine rings is 1. The summed E-state index contributed by atoms with van der Waals surface area (Å²) in [7, 11) is 3.39. The van der Waals surface area contributed by atoms with Crippen LogP contribution in [0.25, 0.3) is 0 Å². The lowest BCUT2D eigenvalue weighted by molar-refractivity contribution is 0.175. The summed E-state index contributed by atoms with van der Waals surface area (Å²) in [6.45, 7) is 6.39. The molecule has 0 spiro atoms. The van der Waals surface area contributed by atoms with Crippen molar-refractivity contribution in [1.29, 1.82) is 0 Å². The predicted molar refractivity (Wildman–Crippen MR) is 86.2 cm³/mol. The van der Waals surface area contributed by atoms with Gasteiger partial charge in [0.25, 0.3) is 0 Å². The molecule has 1 aromatic carbocycles. The van der Waals surface area contributed by atoms with Crippen LogP contribution in [0, 0.1) is 5.92 Å². The van der Waals surface area contributed by atoms with Crippen molar-refractivity contribution >= 4 is 0 Å². The van der Waals surface area contributed by atoms with E-state index in [1.807, 2.05) is 12.1 Å². The number of nitrogens with two attached hydrogens (primary N) is 1. The van der Waals surface area contributed by atoms with Crippen LogP contribution in [0.2, 0.25) is 0 Å². The van der Waals surface area contributed by atoms with Crippen LogP contribution in [0.4, 0.5) is 0 Å². The van der Waals surface area contributed by atoms with Crippen molar-refractivity contribution in [3.05, 3.63) is 23.8 Å². The third-order valence-electron chi connectivity index (χ3n) is 4.74. The first-order valence-corrected chi connectivity index (χ1v) is 7.87. The van der Waals surface area contributed by atoms with Crippen LogP contribution in [0.1, 0.15) is 31.2 Å². The van der Waals surface area contributed by atoms with Crippen LogP contribution >= 0.6 is 0 Å². The summed E-state index contributed by atoms with van der Waals surface area (Å²) >= 11 is 0. The summed E-state index contributed by atoms with van der Waals surface area (Å²) in [4.78, 5) is 2.51. The zero-order valence-corrected chi connectivity index (χ0v) is 13.5. The number of rotatable bonds is 6. The van der Waals surface area contributed by atoms with Crippen LogP contribution in [0.15, 0.2) is 18.2 Å². The van der Waals surface area contributed by atoms with Gasteiger partial charge in [0, 0.05) is 12.0 Å². The first-order chi connectivity index (χ1) is 10.2. The highest BCUT2D eigenvalue weighted by molar-refractivity contribution is 5.43. The van der Waals surface area contributed by atoms with Gasteiger partial charge in [-0.05, 0) is 56.6 Å². The van der Waals surface area contributed by atoms with E-state index in [9.17, 15) is 0 Å². The number of likely N-dealkylation sites (tertiary alicyclic amines) is 1. The fraction of sp³-hybridized carbons (Fsp3) is 0.647. The van der Waals surface area contributed by atoms with E-state index < -0.39 is 0 Å². The summed E-state index contributed by atoms with van der Waals surface area (Å²) in [5, 5.41) is 0. The Morgan fingerprint density at radius 1 is 1.24 bits per heavy atom. The van der Waals surface area contributed by atoms with Crippen LogP contribution in [0.5, 0.6) is 11.5 Å². The van der Waals surface area contributed by atoms with Crippen molar-refractivity contribution in [2.75, 3.05) is 40.4 Å². The Balaban J connectivity index is 2.17. The van der Waals surface area contributed by atoms with Gasteiger partial charge < -0.3 is 20.1 Å². The van der Waals surface area contributed by atoms with E-state index in [-0.39, 0.29) is 0 Å². The lowest BCUT2D eigenvalue weighted by atomic mass is 9.79. The fourth-order valence-corrected chi connectivity index (χ4v) is 3.37. The lowest BCUT2D eigenvalue weighted by Gasteiger charge is -2.35. The minimum atomic E-state index is 0.366. The Bertz CT molecular complexity index is 442. The number of benzene rings is 1. The number of hydrogen-bond donors (Lipinski definition) is 1. The Hall–Kier alpha value is -1.26. The summed E-state index contributed by atoms with van der Waals surface area (Å²) in [5.41, 5.74) is 7.31. The first kappa shape index (κ1) is 16.1. The topological polar surface area (TPSA) is 47.7 Å². The molecule has 1 aliphatic rings. The molecule has 0 amide bonds. The zero-order chi connectivity index (χ0) is 15.2. The van der Waals surface area contributed by atoms with Gasteiger partial charge in [0.15, 0.2) is 0 Å². The smallest absolute Gasteiger partial charge is 0.126 e. The van der Waals surface area contributed by atoms with Crippen LogP contribution in [0.3, 0.4) is 0 Å². The molecule has 1 unspecified atom stereocenters. The van der Waals surface area contributed by atoms with E-state index in [0.29, 0.717) is 18.4 Å². The zero-order valence-electron chi connectivity index (χ0n) is 13.5. The number of hydrogen-bond acceptors (Lipinski definition) is 4. The highest BCUT2D eigenvalue weighted by Gasteiger charge is 2.28. The molecule has 1 atom stereocenters. The quantitative estimate of drug-likeness (QED) is 0.875. The standard InChI is InChI=1S/C17H28N2O2/c1-4-19-9-7-13(8-10-19)16(12-18)15-6-5-14(20-2)11-17(15)21-3/h5-6,11,13,16H,4,7-10,12,18H2,1-3H3. The average Bonchev–Trinajstić information content (AvgIpc) is 2.56. The van der Waals surface area contributed by atoms with E-state index in [0.717, 1.165) is 18.0 Å². The third-order valence-corrected chi connectivity index (χ3v) is 4.74. The monoisotopic (exact) mass is 292 g/mol. The van der Waals surface area contributed by atoms with Crippen LogP contribution < -0.4 is 15.2 Å². The second-order valence-electron chi connectivity index (χ2n) is 5.72. The fourth-order valence-electron chi connectivity index (χ4n) is 3.37. The molecule has 0 aliphatic carbocycles. The summed E-state index contributed by atoms with van der Waals surface area (Å²) in [5.74, 6) is 2.72. The van der Waals surface area contributed by atoms with Crippen molar-refractivity contribution < 1.29 is 9.47 Å². The summed E-state index contributed by atoms with van der Waals surface area (Å²) in [6.07, 6.45) is 2.43. The van der Waals surface area contributed by atoms with Crippen LogP contribution in [-0.4, -0.2) is 45.3 Å². The molecule has 1 aromatic rings. The molecule has 1 aliphatic heterocycles. The molecule has 21 heavy (non-hydrogen) atoms. The Kier molecular flexibility index (Phi) is 5.88. The Morgan fingerprint density at radius 2 is 1.95 bits per heavy atom. The molecule has 1 heterocycles. The number of methoxy groups -OCH3 is 2. The van der Waals surface area contributed by atoms with Gasteiger partial charge in [0.1, 0.15) is 11.5 Å². The van der Waals surface area contributed by atoms with Gasteiger partial charge in [0.2, 0.25) is 0 Å². The lowest BCUT2D eigenvalue weighted by Crippen LogP contribution is -2.37. The average molecular weight is 292 g/mol. The second kappa shape index (κ2) is 7.66. The minimum Gasteiger partial charge on any atom is -0.497 e. The van der Waals surface area contributed by atoms with Crippen molar-refractivity contribution in [2.45, 2.75) is 25.7 Å². The van der Waals surface area contributed by atoms with Gasteiger partial charge in [-0.25, -0.2) is 0 Å². The molecule has 0 aromatic heterocycles. The van der Waals surface area contributed by atoms with Gasteiger partial charge in [-0.1, -0.05) is 13.0 Å². The Labute approximate surface area is 128 Å².